The van der Waals surface area contributed by atoms with E-state index in [1.165, 1.54) is 4.90 Å². The molecule has 17 heavy (non-hydrogen) atoms. The summed E-state index contributed by atoms with van der Waals surface area (Å²) in [6, 6.07) is 13.5. The molecule has 2 rings (SSSR count). The Bertz CT molecular complexity index is 513. The molecule has 0 heterocycles. The summed E-state index contributed by atoms with van der Waals surface area (Å²) in [6.45, 7) is 0. The molecule has 0 amide bonds. The monoisotopic (exact) mass is 309 g/mol. The SMILES string of the molecule is CSc1ccc(Oc2ccc(Br)cc2N)cc1. The average molecular weight is 310 g/mol. The summed E-state index contributed by atoms with van der Waals surface area (Å²) in [4.78, 5) is 1.21. The van der Waals surface area contributed by atoms with E-state index in [1.807, 2.05) is 48.7 Å². The Balaban J connectivity index is 2.19. The lowest BCUT2D eigenvalue weighted by molar-refractivity contribution is 0.484. The number of hydrogen-bond donors (Lipinski definition) is 1. The van der Waals surface area contributed by atoms with Gasteiger partial charge in [0.15, 0.2) is 0 Å². The van der Waals surface area contributed by atoms with Crippen LogP contribution in [0.4, 0.5) is 5.69 Å². The maximum atomic E-state index is 5.87. The van der Waals surface area contributed by atoms with Crippen LogP contribution in [0.5, 0.6) is 11.5 Å². The number of ether oxygens (including phenoxy) is 1. The summed E-state index contributed by atoms with van der Waals surface area (Å²) < 4.78 is 6.65. The quantitative estimate of drug-likeness (QED) is 0.667. The third kappa shape index (κ3) is 3.17. The van der Waals surface area contributed by atoms with Gasteiger partial charge < -0.3 is 10.5 Å². The van der Waals surface area contributed by atoms with Crippen molar-refractivity contribution in [3.63, 3.8) is 0 Å². The van der Waals surface area contributed by atoms with Crippen LogP contribution in [0.25, 0.3) is 0 Å². The standard InChI is InChI=1S/C13H12BrNOS/c1-17-11-5-3-10(4-6-11)16-13-7-2-9(14)8-12(13)15/h2-8H,15H2,1H3. The van der Waals surface area contributed by atoms with Crippen LogP contribution in [0.15, 0.2) is 51.8 Å². The van der Waals surface area contributed by atoms with Gasteiger partial charge in [0.05, 0.1) is 5.69 Å². The first-order chi connectivity index (χ1) is 8.19. The van der Waals surface area contributed by atoms with Gasteiger partial charge in [-0.2, -0.15) is 0 Å². The van der Waals surface area contributed by atoms with E-state index in [4.69, 9.17) is 10.5 Å². The van der Waals surface area contributed by atoms with Crippen molar-refractivity contribution in [1.29, 1.82) is 0 Å². The highest BCUT2D eigenvalue weighted by atomic mass is 79.9. The number of benzene rings is 2. The number of nitrogen functional groups attached to an aromatic ring is 1. The molecule has 0 unspecified atom stereocenters. The number of rotatable bonds is 3. The summed E-state index contributed by atoms with van der Waals surface area (Å²) >= 11 is 5.06. The van der Waals surface area contributed by atoms with Gasteiger partial charge in [0, 0.05) is 9.37 Å². The molecule has 2 aromatic rings. The van der Waals surface area contributed by atoms with E-state index < -0.39 is 0 Å². The van der Waals surface area contributed by atoms with Crippen molar-refractivity contribution >= 4 is 33.4 Å². The Hall–Kier alpha value is -1.13. The molecule has 4 heteroatoms. The van der Waals surface area contributed by atoms with Crippen LogP contribution in [-0.2, 0) is 0 Å². The number of anilines is 1. The predicted octanol–water partition coefficient (Wildman–Crippen LogP) is 4.55. The van der Waals surface area contributed by atoms with Crippen LogP contribution in [-0.4, -0.2) is 6.26 Å². The molecule has 0 saturated carbocycles. The third-order valence-electron chi connectivity index (χ3n) is 2.26. The Morgan fingerprint density at radius 2 is 1.82 bits per heavy atom. The van der Waals surface area contributed by atoms with Crippen molar-refractivity contribution in [2.45, 2.75) is 4.90 Å². The van der Waals surface area contributed by atoms with Gasteiger partial charge in [-0.05, 0) is 48.7 Å². The molecular weight excluding hydrogens is 298 g/mol. The molecule has 0 atom stereocenters. The van der Waals surface area contributed by atoms with Crippen LogP contribution in [0.1, 0.15) is 0 Å². The second-order valence-electron chi connectivity index (χ2n) is 3.46. The number of hydrogen-bond acceptors (Lipinski definition) is 3. The molecular formula is C13H12BrNOS. The molecule has 0 aromatic heterocycles. The molecule has 0 radical (unpaired) electrons. The van der Waals surface area contributed by atoms with E-state index >= 15 is 0 Å². The number of thioether (sulfide) groups is 1. The van der Waals surface area contributed by atoms with Crippen LogP contribution in [0.3, 0.4) is 0 Å². The average Bonchev–Trinajstić information content (AvgIpc) is 2.34. The first-order valence-corrected chi connectivity index (χ1v) is 7.08. The summed E-state index contributed by atoms with van der Waals surface area (Å²) in [7, 11) is 0. The molecule has 2 aromatic carbocycles. The zero-order chi connectivity index (χ0) is 12.3. The molecule has 0 spiro atoms. The minimum Gasteiger partial charge on any atom is -0.455 e. The van der Waals surface area contributed by atoms with Crippen LogP contribution < -0.4 is 10.5 Å². The fourth-order valence-corrected chi connectivity index (χ4v) is 2.17. The first-order valence-electron chi connectivity index (χ1n) is 5.06. The Labute approximate surface area is 113 Å². The van der Waals surface area contributed by atoms with Crippen LogP contribution in [0, 0.1) is 0 Å². The molecule has 0 aliphatic carbocycles. The zero-order valence-corrected chi connectivity index (χ0v) is 11.7. The Morgan fingerprint density at radius 1 is 1.12 bits per heavy atom. The van der Waals surface area contributed by atoms with Crippen molar-refractivity contribution < 1.29 is 4.74 Å². The van der Waals surface area contributed by atoms with E-state index in [0.29, 0.717) is 11.4 Å². The molecule has 88 valence electrons. The van der Waals surface area contributed by atoms with Crippen molar-refractivity contribution in [3.8, 4) is 11.5 Å². The van der Waals surface area contributed by atoms with Gasteiger partial charge >= 0.3 is 0 Å². The van der Waals surface area contributed by atoms with Gasteiger partial charge in [-0.15, -0.1) is 11.8 Å². The predicted molar refractivity (Wildman–Crippen MR) is 76.9 cm³/mol. The lowest BCUT2D eigenvalue weighted by Gasteiger charge is -2.09. The van der Waals surface area contributed by atoms with E-state index in [2.05, 4.69) is 15.9 Å². The number of nitrogens with two attached hydrogens (primary N) is 1. The summed E-state index contributed by atoms with van der Waals surface area (Å²) in [5, 5.41) is 0. The maximum absolute atomic E-state index is 5.87. The van der Waals surface area contributed by atoms with Gasteiger partial charge in [-0.25, -0.2) is 0 Å². The third-order valence-corrected chi connectivity index (χ3v) is 3.50. The fraction of sp³-hybridized carbons (Fsp3) is 0.0769. The molecule has 0 fully saturated rings. The van der Waals surface area contributed by atoms with Gasteiger partial charge in [-0.1, -0.05) is 15.9 Å². The fourth-order valence-electron chi connectivity index (χ4n) is 1.38. The smallest absolute Gasteiger partial charge is 0.150 e. The second kappa shape index (κ2) is 5.47. The molecule has 0 saturated heterocycles. The summed E-state index contributed by atoms with van der Waals surface area (Å²) in [6.07, 6.45) is 2.04. The van der Waals surface area contributed by atoms with Crippen LogP contribution >= 0.6 is 27.7 Å². The minimum absolute atomic E-state index is 0.619. The topological polar surface area (TPSA) is 35.2 Å². The Kier molecular flexibility index (Phi) is 3.97. The van der Waals surface area contributed by atoms with Crippen molar-refractivity contribution in [3.05, 3.63) is 46.9 Å². The van der Waals surface area contributed by atoms with E-state index in [-0.39, 0.29) is 0 Å². The van der Waals surface area contributed by atoms with E-state index in [1.54, 1.807) is 11.8 Å². The van der Waals surface area contributed by atoms with Crippen molar-refractivity contribution in [2.75, 3.05) is 12.0 Å². The van der Waals surface area contributed by atoms with E-state index in [0.717, 1.165) is 10.2 Å². The maximum Gasteiger partial charge on any atom is 0.150 e. The summed E-state index contributed by atoms with van der Waals surface area (Å²) in [5.41, 5.74) is 6.48. The largest absolute Gasteiger partial charge is 0.455 e. The number of halogens is 1. The lowest BCUT2D eigenvalue weighted by atomic mass is 10.3. The highest BCUT2D eigenvalue weighted by molar-refractivity contribution is 9.10. The van der Waals surface area contributed by atoms with Gasteiger partial charge in [0.1, 0.15) is 11.5 Å². The van der Waals surface area contributed by atoms with Gasteiger partial charge in [0.2, 0.25) is 0 Å². The van der Waals surface area contributed by atoms with Gasteiger partial charge in [0.25, 0.3) is 0 Å². The Morgan fingerprint density at radius 3 is 2.41 bits per heavy atom. The first kappa shape index (κ1) is 12.3. The second-order valence-corrected chi connectivity index (χ2v) is 5.26. The molecule has 2 nitrogen and oxygen atoms in total. The summed E-state index contributed by atoms with van der Waals surface area (Å²) in [5.74, 6) is 1.46. The lowest BCUT2D eigenvalue weighted by Crippen LogP contribution is -1.91. The molecule has 0 aliphatic rings. The zero-order valence-electron chi connectivity index (χ0n) is 9.31. The highest BCUT2D eigenvalue weighted by Gasteiger charge is 2.02. The minimum atomic E-state index is 0.619. The van der Waals surface area contributed by atoms with E-state index in [9.17, 15) is 0 Å². The van der Waals surface area contributed by atoms with Crippen molar-refractivity contribution in [1.82, 2.24) is 0 Å². The van der Waals surface area contributed by atoms with Crippen molar-refractivity contribution in [2.24, 2.45) is 0 Å². The molecule has 0 aliphatic heterocycles. The van der Waals surface area contributed by atoms with Gasteiger partial charge in [-0.3, -0.25) is 0 Å². The molecule has 0 bridgehead atoms. The highest BCUT2D eigenvalue weighted by Crippen LogP contribution is 2.30. The normalized spacial score (nSPS) is 10.2. The van der Waals surface area contributed by atoms with Crippen LogP contribution in [0.2, 0.25) is 0 Å². The molecule has 2 N–H and O–H groups in total.